The van der Waals surface area contributed by atoms with Gasteiger partial charge in [-0.1, -0.05) is 42.5 Å². The number of benzene rings is 2. The Kier molecular flexibility index (Phi) is 5.12. The van der Waals surface area contributed by atoms with Crippen LogP contribution in [0.15, 0.2) is 48.5 Å². The SMILES string of the molecule is CNC(C)c1ccccc1NC(=O)Cc1ccccc1C. The number of nitrogens with one attached hydrogen (secondary N) is 2. The van der Waals surface area contributed by atoms with Gasteiger partial charge in [-0.25, -0.2) is 0 Å². The number of aryl methyl sites for hydroxylation is 1. The van der Waals surface area contributed by atoms with Crippen LogP contribution in [-0.4, -0.2) is 13.0 Å². The Bertz CT molecular complexity index is 622. The third-order valence-electron chi connectivity index (χ3n) is 3.75. The van der Waals surface area contributed by atoms with E-state index in [1.807, 2.05) is 62.5 Å². The Morgan fingerprint density at radius 3 is 2.48 bits per heavy atom. The monoisotopic (exact) mass is 282 g/mol. The van der Waals surface area contributed by atoms with Crippen LogP contribution < -0.4 is 10.6 Å². The lowest BCUT2D eigenvalue weighted by atomic mass is 10.0. The highest BCUT2D eigenvalue weighted by Crippen LogP contribution is 2.22. The van der Waals surface area contributed by atoms with Gasteiger partial charge >= 0.3 is 0 Å². The molecule has 0 spiro atoms. The maximum absolute atomic E-state index is 12.3. The molecule has 0 saturated carbocycles. The first-order valence-corrected chi connectivity index (χ1v) is 7.22. The highest BCUT2D eigenvalue weighted by atomic mass is 16.1. The van der Waals surface area contributed by atoms with Crippen molar-refractivity contribution in [2.24, 2.45) is 0 Å². The van der Waals surface area contributed by atoms with Gasteiger partial charge in [0.15, 0.2) is 0 Å². The van der Waals surface area contributed by atoms with E-state index in [1.165, 1.54) is 0 Å². The summed E-state index contributed by atoms with van der Waals surface area (Å²) in [6, 6.07) is 16.1. The average Bonchev–Trinajstić information content (AvgIpc) is 2.49. The second-order valence-electron chi connectivity index (χ2n) is 5.25. The van der Waals surface area contributed by atoms with Gasteiger partial charge in [-0.15, -0.1) is 0 Å². The molecule has 1 unspecified atom stereocenters. The first-order chi connectivity index (χ1) is 10.1. The lowest BCUT2D eigenvalue weighted by Gasteiger charge is -2.16. The van der Waals surface area contributed by atoms with E-state index in [0.29, 0.717) is 6.42 Å². The fourth-order valence-corrected chi connectivity index (χ4v) is 2.32. The van der Waals surface area contributed by atoms with E-state index in [4.69, 9.17) is 0 Å². The van der Waals surface area contributed by atoms with Crippen molar-refractivity contribution < 1.29 is 4.79 Å². The molecule has 1 atom stereocenters. The van der Waals surface area contributed by atoms with Gasteiger partial charge in [0, 0.05) is 11.7 Å². The molecule has 0 aliphatic heterocycles. The number of anilines is 1. The van der Waals surface area contributed by atoms with Crippen LogP contribution >= 0.6 is 0 Å². The van der Waals surface area contributed by atoms with Crippen LogP contribution in [0.2, 0.25) is 0 Å². The molecule has 2 rings (SSSR count). The molecule has 0 aliphatic carbocycles. The normalized spacial score (nSPS) is 12.0. The van der Waals surface area contributed by atoms with E-state index in [9.17, 15) is 4.79 Å². The van der Waals surface area contributed by atoms with Gasteiger partial charge in [0.2, 0.25) is 5.91 Å². The number of amides is 1. The lowest BCUT2D eigenvalue weighted by Crippen LogP contribution is -2.19. The van der Waals surface area contributed by atoms with Crippen molar-refractivity contribution in [3.05, 3.63) is 65.2 Å². The summed E-state index contributed by atoms with van der Waals surface area (Å²) in [6.45, 7) is 4.10. The summed E-state index contributed by atoms with van der Waals surface area (Å²) in [4.78, 5) is 12.3. The Morgan fingerprint density at radius 1 is 1.10 bits per heavy atom. The molecule has 2 aromatic carbocycles. The van der Waals surface area contributed by atoms with Crippen LogP contribution in [0.3, 0.4) is 0 Å². The summed E-state index contributed by atoms with van der Waals surface area (Å²) >= 11 is 0. The summed E-state index contributed by atoms with van der Waals surface area (Å²) < 4.78 is 0. The van der Waals surface area contributed by atoms with Crippen molar-refractivity contribution in [1.82, 2.24) is 5.32 Å². The third-order valence-corrected chi connectivity index (χ3v) is 3.75. The topological polar surface area (TPSA) is 41.1 Å². The number of carbonyl (C=O) groups is 1. The lowest BCUT2D eigenvalue weighted by molar-refractivity contribution is -0.115. The van der Waals surface area contributed by atoms with Crippen LogP contribution in [0.1, 0.15) is 29.7 Å². The molecule has 0 radical (unpaired) electrons. The molecule has 3 heteroatoms. The second kappa shape index (κ2) is 7.04. The molecule has 21 heavy (non-hydrogen) atoms. The van der Waals surface area contributed by atoms with Gasteiger partial charge < -0.3 is 10.6 Å². The summed E-state index contributed by atoms with van der Waals surface area (Å²) in [5, 5.41) is 6.22. The average molecular weight is 282 g/mol. The predicted molar refractivity (Wildman–Crippen MR) is 87.4 cm³/mol. The van der Waals surface area contributed by atoms with Gasteiger partial charge in [-0.3, -0.25) is 4.79 Å². The van der Waals surface area contributed by atoms with Crippen LogP contribution in [0.25, 0.3) is 0 Å². The van der Waals surface area contributed by atoms with Crippen LogP contribution in [0.5, 0.6) is 0 Å². The molecule has 0 fully saturated rings. The van der Waals surface area contributed by atoms with Crippen molar-refractivity contribution in [2.45, 2.75) is 26.3 Å². The number of carbonyl (C=O) groups excluding carboxylic acids is 1. The number of rotatable bonds is 5. The smallest absolute Gasteiger partial charge is 0.228 e. The van der Waals surface area contributed by atoms with Crippen LogP contribution in [0.4, 0.5) is 5.69 Å². The maximum Gasteiger partial charge on any atom is 0.228 e. The number of hydrogen-bond acceptors (Lipinski definition) is 2. The van der Waals surface area contributed by atoms with E-state index >= 15 is 0 Å². The maximum atomic E-state index is 12.3. The molecule has 0 bridgehead atoms. The van der Waals surface area contributed by atoms with E-state index in [0.717, 1.165) is 22.4 Å². The standard InChI is InChI=1S/C18H22N2O/c1-13-8-4-5-9-15(13)12-18(21)20-17-11-7-6-10-16(17)14(2)19-3/h4-11,14,19H,12H2,1-3H3,(H,20,21). The number of hydrogen-bond donors (Lipinski definition) is 2. The highest BCUT2D eigenvalue weighted by molar-refractivity contribution is 5.93. The molecule has 0 aromatic heterocycles. The zero-order valence-corrected chi connectivity index (χ0v) is 12.8. The zero-order chi connectivity index (χ0) is 15.2. The van der Waals surface area contributed by atoms with Gasteiger partial charge in [0.05, 0.1) is 6.42 Å². The third kappa shape index (κ3) is 3.92. The fourth-order valence-electron chi connectivity index (χ4n) is 2.32. The molecule has 1 amide bonds. The highest BCUT2D eigenvalue weighted by Gasteiger charge is 2.11. The van der Waals surface area contributed by atoms with Crippen molar-refractivity contribution in [3.8, 4) is 0 Å². The van der Waals surface area contributed by atoms with Gasteiger partial charge in [0.1, 0.15) is 0 Å². The fraction of sp³-hybridized carbons (Fsp3) is 0.278. The first kappa shape index (κ1) is 15.3. The van der Waals surface area contributed by atoms with Crippen LogP contribution in [-0.2, 0) is 11.2 Å². The zero-order valence-electron chi connectivity index (χ0n) is 12.8. The molecular weight excluding hydrogens is 260 g/mol. The minimum Gasteiger partial charge on any atom is -0.325 e. The number of para-hydroxylation sites is 1. The quantitative estimate of drug-likeness (QED) is 0.882. The van der Waals surface area contributed by atoms with Gasteiger partial charge in [-0.05, 0) is 43.7 Å². The summed E-state index contributed by atoms with van der Waals surface area (Å²) in [5.74, 6) is 0.0139. The van der Waals surface area contributed by atoms with Crippen LogP contribution in [0, 0.1) is 6.92 Å². The molecule has 2 aromatic rings. The molecule has 3 nitrogen and oxygen atoms in total. The molecular formula is C18H22N2O. The summed E-state index contributed by atoms with van der Waals surface area (Å²) in [6.07, 6.45) is 0.398. The van der Waals surface area contributed by atoms with Crippen molar-refractivity contribution in [1.29, 1.82) is 0 Å². The molecule has 0 heterocycles. The Labute approximate surface area is 126 Å². The minimum atomic E-state index is 0.0139. The minimum absolute atomic E-state index is 0.0139. The van der Waals surface area contributed by atoms with Crippen molar-refractivity contribution in [2.75, 3.05) is 12.4 Å². The van der Waals surface area contributed by atoms with Gasteiger partial charge in [0.25, 0.3) is 0 Å². The van der Waals surface area contributed by atoms with Crippen molar-refractivity contribution >= 4 is 11.6 Å². The van der Waals surface area contributed by atoms with E-state index < -0.39 is 0 Å². The molecule has 0 saturated heterocycles. The Morgan fingerprint density at radius 2 is 1.76 bits per heavy atom. The van der Waals surface area contributed by atoms with Gasteiger partial charge in [-0.2, -0.15) is 0 Å². The molecule has 0 aliphatic rings. The van der Waals surface area contributed by atoms with E-state index in [2.05, 4.69) is 17.6 Å². The summed E-state index contributed by atoms with van der Waals surface area (Å²) in [7, 11) is 1.91. The van der Waals surface area contributed by atoms with Crippen molar-refractivity contribution in [3.63, 3.8) is 0 Å². The Balaban J connectivity index is 2.12. The molecule has 110 valence electrons. The predicted octanol–water partition coefficient (Wildman–Crippen LogP) is 3.46. The largest absolute Gasteiger partial charge is 0.325 e. The van der Waals surface area contributed by atoms with E-state index in [-0.39, 0.29) is 11.9 Å². The first-order valence-electron chi connectivity index (χ1n) is 7.22. The Hall–Kier alpha value is -2.13. The van der Waals surface area contributed by atoms with E-state index in [1.54, 1.807) is 0 Å². The summed E-state index contributed by atoms with van der Waals surface area (Å²) in [5.41, 5.74) is 4.18. The molecule has 2 N–H and O–H groups in total. The second-order valence-corrected chi connectivity index (χ2v) is 5.25.